The van der Waals surface area contributed by atoms with Gasteiger partial charge < -0.3 is 24.8 Å². The molecule has 9 nitrogen and oxygen atoms in total. The maximum absolute atomic E-state index is 12.8. The summed E-state index contributed by atoms with van der Waals surface area (Å²) in [6.45, 7) is 4.36. The Morgan fingerprint density at radius 3 is 1.97 bits per heavy atom. The Morgan fingerprint density at radius 1 is 0.875 bits per heavy atom. The Labute approximate surface area is 185 Å². The molecule has 166 valence electrons. The molecule has 0 bridgehead atoms. The second-order valence-corrected chi connectivity index (χ2v) is 6.44. The highest BCUT2D eigenvalue weighted by Crippen LogP contribution is 2.37. The monoisotopic (exact) mass is 436 g/mol. The van der Waals surface area contributed by atoms with E-state index in [0.29, 0.717) is 47.4 Å². The number of methoxy groups -OCH3 is 1. The molecule has 3 rings (SSSR count). The molecule has 0 aliphatic carbocycles. The van der Waals surface area contributed by atoms with Crippen LogP contribution in [0.1, 0.15) is 34.7 Å². The van der Waals surface area contributed by atoms with Crippen LogP contribution in [0.15, 0.2) is 55.0 Å². The summed E-state index contributed by atoms with van der Waals surface area (Å²) >= 11 is 0. The van der Waals surface area contributed by atoms with Gasteiger partial charge in [-0.2, -0.15) is 0 Å². The fourth-order valence-corrected chi connectivity index (χ4v) is 2.84. The van der Waals surface area contributed by atoms with Crippen LogP contribution in [0.3, 0.4) is 0 Å². The summed E-state index contributed by atoms with van der Waals surface area (Å²) in [6.07, 6.45) is 4.28. The lowest BCUT2D eigenvalue weighted by atomic mass is 10.1. The number of nitrogens with one attached hydrogen (secondary N) is 2. The molecule has 0 aliphatic rings. The molecule has 3 aromatic rings. The predicted molar refractivity (Wildman–Crippen MR) is 120 cm³/mol. The largest absolute Gasteiger partial charge is 0.497 e. The number of carbonyl (C=O) groups is 2. The first kappa shape index (κ1) is 22.5. The minimum Gasteiger partial charge on any atom is -0.497 e. The minimum absolute atomic E-state index is 0.157. The van der Waals surface area contributed by atoms with Crippen molar-refractivity contribution in [2.24, 2.45) is 0 Å². The number of rotatable bonds is 9. The van der Waals surface area contributed by atoms with Crippen molar-refractivity contribution in [2.75, 3.05) is 31.0 Å². The lowest BCUT2D eigenvalue weighted by Gasteiger charge is -2.17. The van der Waals surface area contributed by atoms with Crippen LogP contribution in [0.4, 0.5) is 11.4 Å². The highest BCUT2D eigenvalue weighted by atomic mass is 16.5. The van der Waals surface area contributed by atoms with E-state index < -0.39 is 5.91 Å². The van der Waals surface area contributed by atoms with Gasteiger partial charge in [0, 0.05) is 30.1 Å². The zero-order valence-electron chi connectivity index (χ0n) is 18.0. The van der Waals surface area contributed by atoms with E-state index in [1.165, 1.54) is 18.6 Å². The Kier molecular flexibility index (Phi) is 7.58. The van der Waals surface area contributed by atoms with Crippen molar-refractivity contribution < 1.29 is 23.8 Å². The van der Waals surface area contributed by atoms with E-state index >= 15 is 0 Å². The number of nitrogens with zero attached hydrogens (tertiary/aromatic N) is 2. The van der Waals surface area contributed by atoms with Crippen LogP contribution in [0.25, 0.3) is 0 Å². The second-order valence-electron chi connectivity index (χ2n) is 6.44. The summed E-state index contributed by atoms with van der Waals surface area (Å²) in [5.41, 5.74) is 1.40. The fourth-order valence-electron chi connectivity index (χ4n) is 2.84. The van der Waals surface area contributed by atoms with E-state index in [0.717, 1.165) is 0 Å². The fraction of sp³-hybridized carbons (Fsp3) is 0.217. The zero-order valence-corrected chi connectivity index (χ0v) is 18.0. The lowest BCUT2D eigenvalue weighted by molar-refractivity contribution is 0.101. The van der Waals surface area contributed by atoms with Crippen LogP contribution in [0.2, 0.25) is 0 Å². The van der Waals surface area contributed by atoms with Crippen LogP contribution in [0, 0.1) is 0 Å². The minimum atomic E-state index is -0.448. The summed E-state index contributed by atoms with van der Waals surface area (Å²) in [6, 6.07) is 9.94. The second kappa shape index (κ2) is 10.8. The number of hydrogen-bond donors (Lipinski definition) is 2. The molecule has 0 fully saturated rings. The van der Waals surface area contributed by atoms with Gasteiger partial charge in [0.15, 0.2) is 0 Å². The molecule has 0 spiro atoms. The first-order valence-corrected chi connectivity index (χ1v) is 10.0. The van der Waals surface area contributed by atoms with E-state index in [1.54, 1.807) is 43.5 Å². The molecule has 32 heavy (non-hydrogen) atoms. The van der Waals surface area contributed by atoms with Gasteiger partial charge in [-0.15, -0.1) is 0 Å². The van der Waals surface area contributed by atoms with Crippen LogP contribution < -0.4 is 24.8 Å². The average molecular weight is 436 g/mol. The quantitative estimate of drug-likeness (QED) is 0.525. The molecule has 0 atom stereocenters. The zero-order chi connectivity index (χ0) is 22.9. The lowest BCUT2D eigenvalue weighted by Crippen LogP contribution is -2.16. The SMILES string of the molecule is CCOc1cc(NC(=O)c2cnccn2)c(OCC)cc1NC(=O)c1ccc(OC)cc1. The molecule has 0 saturated carbocycles. The number of ether oxygens (including phenoxy) is 3. The molecule has 2 N–H and O–H groups in total. The molecule has 0 radical (unpaired) electrons. The summed E-state index contributed by atoms with van der Waals surface area (Å²) in [4.78, 5) is 33.2. The van der Waals surface area contributed by atoms with Gasteiger partial charge in [-0.05, 0) is 38.1 Å². The summed E-state index contributed by atoms with van der Waals surface area (Å²) in [5, 5.41) is 5.60. The average Bonchev–Trinajstić information content (AvgIpc) is 2.82. The molecule has 9 heteroatoms. The third-order valence-corrected chi connectivity index (χ3v) is 4.33. The Balaban J connectivity index is 1.90. The van der Waals surface area contributed by atoms with Crippen LogP contribution in [0.5, 0.6) is 17.2 Å². The third kappa shape index (κ3) is 5.51. The van der Waals surface area contributed by atoms with Crippen LogP contribution in [-0.4, -0.2) is 42.1 Å². The highest BCUT2D eigenvalue weighted by molar-refractivity contribution is 6.07. The van der Waals surface area contributed by atoms with Gasteiger partial charge in [0.2, 0.25) is 0 Å². The Hall–Kier alpha value is -4.14. The number of amides is 2. The maximum atomic E-state index is 12.8. The van der Waals surface area contributed by atoms with Gasteiger partial charge in [-0.3, -0.25) is 14.6 Å². The Bertz CT molecular complexity index is 1070. The molecule has 2 aromatic carbocycles. The van der Waals surface area contributed by atoms with Gasteiger partial charge in [-0.25, -0.2) is 4.98 Å². The first-order valence-electron chi connectivity index (χ1n) is 10.0. The van der Waals surface area contributed by atoms with Gasteiger partial charge in [-0.1, -0.05) is 0 Å². The smallest absolute Gasteiger partial charge is 0.275 e. The van der Waals surface area contributed by atoms with E-state index in [4.69, 9.17) is 14.2 Å². The van der Waals surface area contributed by atoms with Crippen molar-refractivity contribution in [2.45, 2.75) is 13.8 Å². The first-order chi connectivity index (χ1) is 15.5. The van der Waals surface area contributed by atoms with Gasteiger partial charge in [0.05, 0.1) is 37.9 Å². The number of aromatic nitrogens is 2. The standard InChI is InChI=1S/C23H24N4O5/c1-4-31-20-13-18(27-23(29)19-14-24-10-11-25-19)21(32-5-2)12-17(20)26-22(28)15-6-8-16(30-3)9-7-15/h6-14H,4-5H2,1-3H3,(H,26,28)(H,27,29). The summed E-state index contributed by atoms with van der Waals surface area (Å²) < 4.78 is 16.5. The number of benzene rings is 2. The predicted octanol–water partition coefficient (Wildman–Crippen LogP) is 3.79. The van der Waals surface area contributed by atoms with E-state index in [9.17, 15) is 9.59 Å². The van der Waals surface area contributed by atoms with E-state index in [-0.39, 0.29) is 11.6 Å². The van der Waals surface area contributed by atoms with Crippen molar-refractivity contribution in [3.05, 3.63) is 66.2 Å². The Morgan fingerprint density at radius 2 is 1.47 bits per heavy atom. The van der Waals surface area contributed by atoms with Crippen molar-refractivity contribution >= 4 is 23.2 Å². The molecule has 1 aromatic heterocycles. The number of hydrogen-bond acceptors (Lipinski definition) is 7. The van der Waals surface area contributed by atoms with Crippen molar-refractivity contribution in [1.29, 1.82) is 0 Å². The van der Waals surface area contributed by atoms with E-state index in [2.05, 4.69) is 20.6 Å². The third-order valence-electron chi connectivity index (χ3n) is 4.33. The van der Waals surface area contributed by atoms with Gasteiger partial charge in [0.25, 0.3) is 11.8 Å². The maximum Gasteiger partial charge on any atom is 0.275 e. The molecular formula is C23H24N4O5. The topological polar surface area (TPSA) is 112 Å². The molecule has 0 unspecified atom stereocenters. The highest BCUT2D eigenvalue weighted by Gasteiger charge is 2.18. The summed E-state index contributed by atoms with van der Waals surface area (Å²) in [5.74, 6) is 0.632. The van der Waals surface area contributed by atoms with E-state index in [1.807, 2.05) is 13.8 Å². The van der Waals surface area contributed by atoms with Crippen molar-refractivity contribution in [1.82, 2.24) is 9.97 Å². The molecule has 2 amide bonds. The molecular weight excluding hydrogens is 412 g/mol. The van der Waals surface area contributed by atoms with Crippen LogP contribution >= 0.6 is 0 Å². The number of anilines is 2. The molecule has 0 saturated heterocycles. The van der Waals surface area contributed by atoms with Crippen molar-refractivity contribution in [3.8, 4) is 17.2 Å². The van der Waals surface area contributed by atoms with Crippen molar-refractivity contribution in [3.63, 3.8) is 0 Å². The van der Waals surface area contributed by atoms with Gasteiger partial charge in [0.1, 0.15) is 22.9 Å². The normalized spacial score (nSPS) is 10.2. The number of carbonyl (C=O) groups excluding carboxylic acids is 2. The molecule has 0 aliphatic heterocycles. The van der Waals surface area contributed by atoms with Gasteiger partial charge >= 0.3 is 0 Å². The summed E-state index contributed by atoms with van der Waals surface area (Å²) in [7, 11) is 1.56. The van der Waals surface area contributed by atoms with Crippen LogP contribution in [-0.2, 0) is 0 Å². The molecule has 1 heterocycles.